The van der Waals surface area contributed by atoms with Crippen LogP contribution in [0.3, 0.4) is 0 Å². The summed E-state index contributed by atoms with van der Waals surface area (Å²) in [5.74, 6) is 1.40. The number of rotatable bonds is 3. The van der Waals surface area contributed by atoms with Gasteiger partial charge in [-0.15, -0.1) is 11.3 Å². The molecule has 3 aromatic rings. The lowest BCUT2D eigenvalue weighted by atomic mass is 9.97. The summed E-state index contributed by atoms with van der Waals surface area (Å²) >= 11 is 1.68. The fourth-order valence-corrected chi connectivity index (χ4v) is 3.65. The maximum Gasteiger partial charge on any atom is 0.276 e. The van der Waals surface area contributed by atoms with E-state index in [0.717, 1.165) is 12.8 Å². The Kier molecular flexibility index (Phi) is 3.70. The minimum absolute atomic E-state index is 0.0934. The molecular formula is C16H15N3O3S. The van der Waals surface area contributed by atoms with Crippen molar-refractivity contribution >= 4 is 17.2 Å². The van der Waals surface area contributed by atoms with Crippen molar-refractivity contribution in [2.45, 2.75) is 18.8 Å². The van der Waals surface area contributed by atoms with Gasteiger partial charge in [0.2, 0.25) is 5.76 Å². The normalized spacial score (nSPS) is 15.9. The van der Waals surface area contributed by atoms with Crippen LogP contribution in [0.4, 0.5) is 0 Å². The Bertz CT molecular complexity index is 771. The number of carbonyl (C=O) groups excluding carboxylic acids is 1. The highest BCUT2D eigenvalue weighted by molar-refractivity contribution is 7.09. The number of hydrogen-bond acceptors (Lipinski definition) is 6. The topological polar surface area (TPSA) is 72.4 Å². The second-order valence-electron chi connectivity index (χ2n) is 5.49. The average molecular weight is 329 g/mol. The molecule has 0 spiro atoms. The molecule has 118 valence electrons. The van der Waals surface area contributed by atoms with Gasteiger partial charge in [0.15, 0.2) is 11.5 Å². The Labute approximate surface area is 136 Å². The van der Waals surface area contributed by atoms with Gasteiger partial charge in [0.1, 0.15) is 0 Å². The number of piperidine rings is 1. The predicted octanol–water partition coefficient (Wildman–Crippen LogP) is 3.41. The van der Waals surface area contributed by atoms with Gasteiger partial charge in [0.05, 0.1) is 11.3 Å². The Morgan fingerprint density at radius 1 is 1.30 bits per heavy atom. The van der Waals surface area contributed by atoms with E-state index in [1.165, 1.54) is 5.01 Å². The quantitative estimate of drug-likeness (QED) is 0.736. The lowest BCUT2D eigenvalue weighted by molar-refractivity contribution is 0.0702. The van der Waals surface area contributed by atoms with Crippen LogP contribution in [0.1, 0.15) is 34.3 Å². The third-order valence-corrected chi connectivity index (χ3v) is 5.01. The van der Waals surface area contributed by atoms with Gasteiger partial charge in [-0.1, -0.05) is 5.16 Å². The van der Waals surface area contributed by atoms with E-state index in [9.17, 15) is 4.79 Å². The molecule has 7 heteroatoms. The fourth-order valence-electron chi connectivity index (χ4n) is 2.84. The summed E-state index contributed by atoms with van der Waals surface area (Å²) in [6.07, 6.45) is 5.26. The van der Waals surface area contributed by atoms with Crippen molar-refractivity contribution in [3.63, 3.8) is 0 Å². The molecule has 0 bridgehead atoms. The lowest BCUT2D eigenvalue weighted by Gasteiger charge is -2.30. The second kappa shape index (κ2) is 6.00. The Morgan fingerprint density at radius 2 is 2.17 bits per heavy atom. The monoisotopic (exact) mass is 329 g/mol. The highest BCUT2D eigenvalue weighted by atomic mass is 32.1. The van der Waals surface area contributed by atoms with E-state index in [1.54, 1.807) is 35.8 Å². The van der Waals surface area contributed by atoms with Crippen molar-refractivity contribution in [3.05, 3.63) is 46.7 Å². The van der Waals surface area contributed by atoms with Crippen LogP contribution >= 0.6 is 11.3 Å². The number of aromatic nitrogens is 2. The van der Waals surface area contributed by atoms with Crippen molar-refractivity contribution in [2.75, 3.05) is 13.1 Å². The number of furan rings is 1. The lowest BCUT2D eigenvalue weighted by Crippen LogP contribution is -2.38. The zero-order valence-electron chi connectivity index (χ0n) is 12.3. The summed E-state index contributed by atoms with van der Waals surface area (Å²) < 4.78 is 10.5. The molecular weight excluding hydrogens is 314 g/mol. The molecule has 3 aromatic heterocycles. The van der Waals surface area contributed by atoms with Gasteiger partial charge in [-0.05, 0) is 25.0 Å². The molecule has 0 aromatic carbocycles. The summed E-state index contributed by atoms with van der Waals surface area (Å²) in [7, 11) is 0. The highest BCUT2D eigenvalue weighted by Gasteiger charge is 2.27. The van der Waals surface area contributed by atoms with E-state index in [0.29, 0.717) is 36.2 Å². The van der Waals surface area contributed by atoms with Crippen LogP contribution in [0.15, 0.2) is 45.0 Å². The first-order valence-corrected chi connectivity index (χ1v) is 8.38. The molecule has 4 rings (SSSR count). The fraction of sp³-hybridized carbons (Fsp3) is 0.312. The van der Waals surface area contributed by atoms with E-state index in [1.807, 2.05) is 16.5 Å². The maximum absolute atomic E-state index is 12.5. The number of hydrogen-bond donors (Lipinski definition) is 0. The van der Waals surface area contributed by atoms with Crippen LogP contribution in [-0.4, -0.2) is 34.0 Å². The summed E-state index contributed by atoms with van der Waals surface area (Å²) in [4.78, 5) is 18.7. The number of likely N-dealkylation sites (tertiary alicyclic amines) is 1. The van der Waals surface area contributed by atoms with Gasteiger partial charge in [-0.2, -0.15) is 0 Å². The third kappa shape index (κ3) is 2.79. The molecule has 6 nitrogen and oxygen atoms in total. The standard InChI is InChI=1S/C16H15N3O3S/c20-16(12-10-14(22-18-12)13-2-1-8-21-13)19-6-3-11(4-7-19)15-17-5-9-23-15/h1-2,5,8-11H,3-4,6-7H2. The Morgan fingerprint density at radius 3 is 2.87 bits per heavy atom. The first kappa shape index (κ1) is 14.2. The smallest absolute Gasteiger partial charge is 0.276 e. The molecule has 0 unspecified atom stereocenters. The highest BCUT2D eigenvalue weighted by Crippen LogP contribution is 2.30. The molecule has 1 aliphatic heterocycles. The van der Waals surface area contributed by atoms with Crippen molar-refractivity contribution in [1.29, 1.82) is 0 Å². The predicted molar refractivity (Wildman–Crippen MR) is 84.2 cm³/mol. The minimum atomic E-state index is -0.0934. The van der Waals surface area contributed by atoms with Gasteiger partial charge in [0, 0.05) is 36.7 Å². The molecule has 1 fully saturated rings. The SMILES string of the molecule is O=C(c1cc(-c2ccco2)on1)N1CCC(c2nccs2)CC1. The largest absolute Gasteiger partial charge is 0.461 e. The van der Waals surface area contributed by atoms with Crippen LogP contribution in [0.5, 0.6) is 0 Å². The maximum atomic E-state index is 12.5. The molecule has 0 aliphatic carbocycles. The molecule has 4 heterocycles. The number of carbonyl (C=O) groups is 1. The molecule has 1 aliphatic rings. The number of amides is 1. The van der Waals surface area contributed by atoms with Crippen LogP contribution in [0.25, 0.3) is 11.5 Å². The zero-order chi connectivity index (χ0) is 15.6. The van der Waals surface area contributed by atoms with Crippen LogP contribution < -0.4 is 0 Å². The number of thiazole rings is 1. The minimum Gasteiger partial charge on any atom is -0.461 e. The average Bonchev–Trinajstić information content (AvgIpc) is 3.36. The van der Waals surface area contributed by atoms with E-state index in [4.69, 9.17) is 8.94 Å². The third-order valence-electron chi connectivity index (χ3n) is 4.08. The zero-order valence-corrected chi connectivity index (χ0v) is 13.2. The summed E-state index contributed by atoms with van der Waals surface area (Å²) in [6, 6.07) is 5.17. The summed E-state index contributed by atoms with van der Waals surface area (Å²) in [6.45, 7) is 1.43. The van der Waals surface area contributed by atoms with Gasteiger partial charge in [-0.25, -0.2) is 4.98 Å². The second-order valence-corrected chi connectivity index (χ2v) is 6.42. The van der Waals surface area contributed by atoms with Gasteiger partial charge >= 0.3 is 0 Å². The van der Waals surface area contributed by atoms with Crippen molar-refractivity contribution in [3.8, 4) is 11.5 Å². The van der Waals surface area contributed by atoms with E-state index in [2.05, 4.69) is 10.1 Å². The van der Waals surface area contributed by atoms with E-state index in [-0.39, 0.29) is 5.91 Å². The molecule has 1 saturated heterocycles. The van der Waals surface area contributed by atoms with Crippen LogP contribution in [0.2, 0.25) is 0 Å². The van der Waals surface area contributed by atoms with Gasteiger partial charge < -0.3 is 13.8 Å². The van der Waals surface area contributed by atoms with Crippen molar-refractivity contribution in [2.24, 2.45) is 0 Å². The van der Waals surface area contributed by atoms with E-state index < -0.39 is 0 Å². The number of nitrogens with zero attached hydrogens (tertiary/aromatic N) is 3. The Balaban J connectivity index is 1.42. The summed E-state index contributed by atoms with van der Waals surface area (Å²) in [5, 5.41) is 7.04. The Hall–Kier alpha value is -2.41. The van der Waals surface area contributed by atoms with Crippen LogP contribution in [-0.2, 0) is 0 Å². The van der Waals surface area contributed by atoms with Crippen molar-refractivity contribution < 1.29 is 13.7 Å². The van der Waals surface area contributed by atoms with Gasteiger partial charge in [-0.3, -0.25) is 4.79 Å². The summed E-state index contributed by atoms with van der Waals surface area (Å²) in [5.41, 5.74) is 0.323. The van der Waals surface area contributed by atoms with Gasteiger partial charge in [0.25, 0.3) is 5.91 Å². The molecule has 1 amide bonds. The van der Waals surface area contributed by atoms with Crippen LogP contribution in [0, 0.1) is 0 Å². The molecule has 0 N–H and O–H groups in total. The molecule has 0 saturated carbocycles. The molecule has 23 heavy (non-hydrogen) atoms. The van der Waals surface area contributed by atoms with Crippen molar-refractivity contribution in [1.82, 2.24) is 15.0 Å². The molecule has 0 atom stereocenters. The van der Waals surface area contributed by atoms with E-state index >= 15 is 0 Å². The molecule has 0 radical (unpaired) electrons. The first-order chi connectivity index (χ1) is 11.3. The first-order valence-electron chi connectivity index (χ1n) is 7.50.